The summed E-state index contributed by atoms with van der Waals surface area (Å²) in [6.45, 7) is 7.53. The second-order valence-electron chi connectivity index (χ2n) is 9.23. The zero-order valence-corrected chi connectivity index (χ0v) is 20.7. The average Bonchev–Trinajstić information content (AvgIpc) is 3.20. The molecule has 182 valence electrons. The van der Waals surface area contributed by atoms with Crippen LogP contribution in [-0.4, -0.2) is 40.5 Å². The first-order chi connectivity index (χ1) is 16.7. The Balaban J connectivity index is 1.81. The van der Waals surface area contributed by atoms with Gasteiger partial charge in [0, 0.05) is 26.4 Å². The van der Waals surface area contributed by atoms with Gasteiger partial charge in [0.15, 0.2) is 17.8 Å². The van der Waals surface area contributed by atoms with Gasteiger partial charge in [-0.25, -0.2) is 18.7 Å². The fourth-order valence-corrected chi connectivity index (χ4v) is 4.15. The van der Waals surface area contributed by atoms with Crippen molar-refractivity contribution in [3.8, 4) is 23.1 Å². The summed E-state index contributed by atoms with van der Waals surface area (Å²) < 4.78 is 40.1. The molecule has 0 bridgehead atoms. The number of pyridine rings is 1. The van der Waals surface area contributed by atoms with E-state index in [4.69, 9.17) is 9.47 Å². The zero-order valence-electron chi connectivity index (χ0n) is 19.7. The number of benzene rings is 1. The van der Waals surface area contributed by atoms with Crippen molar-refractivity contribution in [2.45, 2.75) is 38.8 Å². The lowest BCUT2D eigenvalue weighted by atomic mass is 10.2. The Kier molecular flexibility index (Phi) is 7.32. The summed E-state index contributed by atoms with van der Waals surface area (Å²) in [5.74, 6) is 0.733. The molecule has 3 aromatic heterocycles. The molecule has 0 spiro atoms. The number of halogens is 2. The second kappa shape index (κ2) is 10.4. The predicted molar refractivity (Wildman–Crippen MR) is 132 cm³/mol. The highest BCUT2D eigenvalue weighted by Gasteiger charge is 2.21. The molecule has 35 heavy (non-hydrogen) atoms. The Morgan fingerprint density at radius 1 is 1.03 bits per heavy atom. The molecule has 0 N–H and O–H groups in total. The molecule has 1 aromatic carbocycles. The molecular weight excluding hydrogens is 470 g/mol. The number of rotatable bonds is 10. The lowest BCUT2D eigenvalue weighted by molar-refractivity contribution is 0.0897. The number of aromatic nitrogens is 4. The van der Waals surface area contributed by atoms with Gasteiger partial charge >= 0.3 is 0 Å². The Bertz CT molecular complexity index is 1320. The molecule has 0 fully saturated rings. The Morgan fingerprint density at radius 3 is 2.49 bits per heavy atom. The molecule has 4 aromatic rings. The van der Waals surface area contributed by atoms with Crippen LogP contribution in [-0.2, 0) is 11.5 Å². The smallest absolute Gasteiger partial charge is 0.280 e. The predicted octanol–water partition coefficient (Wildman–Crippen LogP) is 6.35. The number of hydrogen-bond donors (Lipinski definition) is 0. The van der Waals surface area contributed by atoms with Crippen molar-refractivity contribution in [2.24, 2.45) is 0 Å². The zero-order chi connectivity index (χ0) is 25.0. The third-order valence-corrected chi connectivity index (χ3v) is 6.95. The maximum Gasteiger partial charge on any atom is 0.280 e. The third-order valence-electron chi connectivity index (χ3n) is 5.25. The second-order valence-corrected chi connectivity index (χ2v) is 14.9. The van der Waals surface area contributed by atoms with E-state index in [1.807, 2.05) is 6.07 Å². The Morgan fingerprint density at radius 2 is 1.80 bits per heavy atom. The summed E-state index contributed by atoms with van der Waals surface area (Å²) >= 11 is 0. The first-order valence-corrected chi connectivity index (χ1v) is 14.9. The van der Waals surface area contributed by atoms with Crippen LogP contribution in [0.5, 0.6) is 11.6 Å². The number of hydrogen-bond acceptors (Lipinski definition) is 6. The van der Waals surface area contributed by atoms with Crippen molar-refractivity contribution in [1.82, 2.24) is 19.5 Å². The largest absolute Gasteiger partial charge is 0.438 e. The number of para-hydroxylation sites is 1. The number of carbonyl (C=O) groups excluding carboxylic acids is 1. The third kappa shape index (κ3) is 5.95. The summed E-state index contributed by atoms with van der Waals surface area (Å²) in [5.41, 5.74) is 0.513. The van der Waals surface area contributed by atoms with E-state index in [1.165, 1.54) is 12.1 Å². The molecule has 0 saturated heterocycles. The summed E-state index contributed by atoms with van der Waals surface area (Å²) in [4.78, 5) is 25.0. The summed E-state index contributed by atoms with van der Waals surface area (Å²) in [6.07, 6.45) is -0.396. The lowest BCUT2D eigenvalue weighted by Gasteiger charge is -2.15. The summed E-state index contributed by atoms with van der Waals surface area (Å²) in [7, 11) is -1.28. The minimum absolute atomic E-state index is 0.102. The molecule has 0 aliphatic heterocycles. The van der Waals surface area contributed by atoms with Gasteiger partial charge in [-0.1, -0.05) is 43.9 Å². The molecular formula is C25H26F2N4O3Si. The first-order valence-electron chi connectivity index (χ1n) is 11.2. The van der Waals surface area contributed by atoms with Crippen LogP contribution in [0.25, 0.3) is 22.6 Å². The molecule has 0 aliphatic rings. The van der Waals surface area contributed by atoms with Crippen molar-refractivity contribution in [3.05, 3.63) is 66.0 Å². The molecule has 0 amide bonds. The van der Waals surface area contributed by atoms with E-state index in [9.17, 15) is 13.6 Å². The number of nitrogens with zero attached hydrogens (tertiary/aromatic N) is 4. The quantitative estimate of drug-likeness (QED) is 0.145. The van der Waals surface area contributed by atoms with Crippen molar-refractivity contribution >= 4 is 25.4 Å². The van der Waals surface area contributed by atoms with Crippen LogP contribution in [0.2, 0.25) is 25.7 Å². The van der Waals surface area contributed by atoms with Crippen LogP contribution in [0.4, 0.5) is 8.78 Å². The number of alkyl halides is 2. The van der Waals surface area contributed by atoms with Crippen LogP contribution >= 0.6 is 0 Å². The van der Waals surface area contributed by atoms with E-state index in [-0.39, 0.29) is 29.8 Å². The summed E-state index contributed by atoms with van der Waals surface area (Å²) in [6, 6.07) is 14.2. The SMILES string of the molecule is C[Si](C)(C)CCOCn1cc(C=O)c2c(Oc3ccccc3)nc(-c3cccc(C(F)F)n3)nc21. The van der Waals surface area contributed by atoms with E-state index in [2.05, 4.69) is 34.6 Å². The lowest BCUT2D eigenvalue weighted by Crippen LogP contribution is -2.22. The normalized spacial score (nSPS) is 11.8. The van der Waals surface area contributed by atoms with E-state index < -0.39 is 14.5 Å². The van der Waals surface area contributed by atoms with E-state index in [0.29, 0.717) is 35.2 Å². The number of aldehydes is 1. The number of carbonyl (C=O) groups is 1. The van der Waals surface area contributed by atoms with Gasteiger partial charge in [-0.3, -0.25) is 4.79 Å². The van der Waals surface area contributed by atoms with E-state index in [1.54, 1.807) is 41.1 Å². The molecule has 0 atom stereocenters. The number of ether oxygens (including phenoxy) is 2. The molecule has 3 heterocycles. The van der Waals surface area contributed by atoms with Crippen LogP contribution < -0.4 is 4.74 Å². The van der Waals surface area contributed by atoms with Gasteiger partial charge in [0.25, 0.3) is 6.43 Å². The fourth-order valence-electron chi connectivity index (χ4n) is 3.40. The molecule has 0 saturated carbocycles. The van der Waals surface area contributed by atoms with Gasteiger partial charge in [-0.2, -0.15) is 4.98 Å². The van der Waals surface area contributed by atoms with Crippen molar-refractivity contribution in [2.75, 3.05) is 6.61 Å². The van der Waals surface area contributed by atoms with Crippen molar-refractivity contribution < 1.29 is 23.0 Å². The maximum absolute atomic E-state index is 13.3. The fraction of sp³-hybridized carbons (Fsp3) is 0.280. The summed E-state index contributed by atoms with van der Waals surface area (Å²) in [5, 5.41) is 0.409. The standard InChI is InChI=1S/C25H26F2N4O3Si/c1-35(2,3)13-12-33-16-31-14-17(15-32)21-24(31)29-23(20-11-7-10-19(28-20)22(26)27)30-25(21)34-18-8-5-4-6-9-18/h4-11,14-15,22H,12-13,16H2,1-3H3. The van der Waals surface area contributed by atoms with E-state index >= 15 is 0 Å². The van der Waals surface area contributed by atoms with Gasteiger partial charge in [-0.15, -0.1) is 0 Å². The van der Waals surface area contributed by atoms with Gasteiger partial charge < -0.3 is 14.0 Å². The first kappa shape index (κ1) is 24.6. The van der Waals surface area contributed by atoms with Crippen LogP contribution in [0.15, 0.2) is 54.7 Å². The highest BCUT2D eigenvalue weighted by atomic mass is 28.3. The molecule has 7 nitrogen and oxygen atoms in total. The monoisotopic (exact) mass is 496 g/mol. The van der Waals surface area contributed by atoms with Crippen molar-refractivity contribution in [3.63, 3.8) is 0 Å². The maximum atomic E-state index is 13.3. The highest BCUT2D eigenvalue weighted by Crippen LogP contribution is 2.33. The van der Waals surface area contributed by atoms with Gasteiger partial charge in [0.05, 0.1) is 5.39 Å². The highest BCUT2D eigenvalue weighted by molar-refractivity contribution is 6.76. The topological polar surface area (TPSA) is 79.1 Å². The Hall–Kier alpha value is -3.50. The Labute approximate surface area is 202 Å². The van der Waals surface area contributed by atoms with Crippen LogP contribution in [0, 0.1) is 0 Å². The molecule has 0 unspecified atom stereocenters. The van der Waals surface area contributed by atoms with Gasteiger partial charge in [0.2, 0.25) is 5.88 Å². The van der Waals surface area contributed by atoms with Crippen LogP contribution in [0.1, 0.15) is 22.5 Å². The number of fused-ring (bicyclic) bond motifs is 1. The minimum atomic E-state index is -2.73. The molecule has 0 aliphatic carbocycles. The molecule has 10 heteroatoms. The van der Waals surface area contributed by atoms with E-state index in [0.717, 1.165) is 6.04 Å². The molecule has 4 rings (SSSR count). The van der Waals surface area contributed by atoms with Crippen molar-refractivity contribution in [1.29, 1.82) is 0 Å². The molecule has 0 radical (unpaired) electrons. The minimum Gasteiger partial charge on any atom is -0.438 e. The van der Waals surface area contributed by atoms with Crippen LogP contribution in [0.3, 0.4) is 0 Å². The average molecular weight is 497 g/mol. The van der Waals surface area contributed by atoms with Gasteiger partial charge in [0.1, 0.15) is 23.9 Å². The van der Waals surface area contributed by atoms with Gasteiger partial charge in [-0.05, 0) is 30.3 Å².